The van der Waals surface area contributed by atoms with Crippen molar-refractivity contribution in [3.8, 4) is 0 Å². The van der Waals surface area contributed by atoms with E-state index in [1.165, 1.54) is 6.21 Å². The number of carbonyl (C=O) groups is 2. The first-order chi connectivity index (χ1) is 16.9. The van der Waals surface area contributed by atoms with Gasteiger partial charge >= 0.3 is 0 Å². The Morgan fingerprint density at radius 1 is 0.943 bits per heavy atom. The molecule has 176 valence electrons. The Kier molecular flexibility index (Phi) is 6.96. The summed E-state index contributed by atoms with van der Waals surface area (Å²) >= 11 is 0. The third-order valence-corrected chi connectivity index (χ3v) is 5.37. The van der Waals surface area contributed by atoms with Gasteiger partial charge in [-0.3, -0.25) is 14.4 Å². The Labute approximate surface area is 201 Å². The summed E-state index contributed by atoms with van der Waals surface area (Å²) in [5, 5.41) is 14.1. The molecular weight excluding hydrogens is 444 g/mol. The molecule has 4 aromatic rings. The molecule has 3 aromatic carbocycles. The maximum Gasteiger partial charge on any atom is 0.272 e. The summed E-state index contributed by atoms with van der Waals surface area (Å²) in [5.74, 6) is -1.08. The van der Waals surface area contributed by atoms with Gasteiger partial charge in [0.2, 0.25) is 0 Å². The topological polar surface area (TPSA) is 120 Å². The molecule has 0 bridgehead atoms. The molecule has 1 aromatic heterocycles. The minimum Gasteiger partial charge on any atom is -0.378 e. The van der Waals surface area contributed by atoms with Gasteiger partial charge in [-0.25, -0.2) is 10.5 Å². The van der Waals surface area contributed by atoms with Crippen LogP contribution in [0.25, 0.3) is 10.8 Å². The van der Waals surface area contributed by atoms with Crippen molar-refractivity contribution in [1.82, 2.24) is 20.9 Å². The van der Waals surface area contributed by atoms with E-state index in [2.05, 4.69) is 26.0 Å². The van der Waals surface area contributed by atoms with E-state index in [0.29, 0.717) is 16.3 Å². The second kappa shape index (κ2) is 10.4. The first-order valence-corrected chi connectivity index (χ1v) is 10.9. The Bertz CT molecular complexity index is 1430. The van der Waals surface area contributed by atoms with Crippen LogP contribution in [0.3, 0.4) is 0 Å². The predicted molar refractivity (Wildman–Crippen MR) is 136 cm³/mol. The fourth-order valence-corrected chi connectivity index (χ4v) is 3.51. The molecule has 35 heavy (non-hydrogen) atoms. The third kappa shape index (κ3) is 5.41. The molecule has 0 aliphatic heterocycles. The molecule has 4 rings (SSSR count). The van der Waals surface area contributed by atoms with Crippen molar-refractivity contribution in [3.05, 3.63) is 106 Å². The Hall–Kier alpha value is -4.79. The van der Waals surface area contributed by atoms with Crippen LogP contribution in [0.4, 0.5) is 5.69 Å². The van der Waals surface area contributed by atoms with E-state index < -0.39 is 23.4 Å². The molecule has 0 saturated carbocycles. The van der Waals surface area contributed by atoms with Crippen molar-refractivity contribution in [2.75, 3.05) is 19.0 Å². The van der Waals surface area contributed by atoms with Gasteiger partial charge in [0.1, 0.15) is 5.69 Å². The Morgan fingerprint density at radius 3 is 2.29 bits per heavy atom. The summed E-state index contributed by atoms with van der Waals surface area (Å²) in [7, 11) is 3.89. The first kappa shape index (κ1) is 23.4. The zero-order valence-corrected chi connectivity index (χ0v) is 19.2. The summed E-state index contributed by atoms with van der Waals surface area (Å²) < 4.78 is 0. The maximum absolute atomic E-state index is 13.2. The lowest BCUT2D eigenvalue weighted by molar-refractivity contribution is -0.123. The number of anilines is 1. The highest BCUT2D eigenvalue weighted by Gasteiger charge is 2.27. The predicted octanol–water partition coefficient (Wildman–Crippen LogP) is 2.61. The maximum atomic E-state index is 13.2. The number of aromatic amines is 1. The van der Waals surface area contributed by atoms with Crippen LogP contribution in [0.2, 0.25) is 0 Å². The van der Waals surface area contributed by atoms with Gasteiger partial charge in [0.15, 0.2) is 6.04 Å². The average Bonchev–Trinajstić information content (AvgIpc) is 2.88. The number of hydrogen-bond acceptors (Lipinski definition) is 6. The average molecular weight is 469 g/mol. The molecule has 0 fully saturated rings. The summed E-state index contributed by atoms with van der Waals surface area (Å²) in [6.45, 7) is 0. The van der Waals surface area contributed by atoms with E-state index >= 15 is 0 Å². The number of nitrogens with one attached hydrogen (secondary N) is 3. The number of rotatable bonds is 7. The van der Waals surface area contributed by atoms with Crippen LogP contribution in [-0.4, -0.2) is 42.3 Å². The number of hydrazone groups is 1. The van der Waals surface area contributed by atoms with Crippen molar-refractivity contribution in [3.63, 3.8) is 0 Å². The van der Waals surface area contributed by atoms with Crippen LogP contribution in [-0.2, 0) is 4.79 Å². The van der Waals surface area contributed by atoms with Crippen LogP contribution in [0.15, 0.2) is 88.8 Å². The molecule has 3 N–H and O–H groups in total. The highest BCUT2D eigenvalue weighted by Crippen LogP contribution is 2.20. The van der Waals surface area contributed by atoms with E-state index in [1.807, 2.05) is 43.3 Å². The second-order valence-corrected chi connectivity index (χ2v) is 7.98. The Morgan fingerprint density at radius 2 is 1.60 bits per heavy atom. The highest BCUT2D eigenvalue weighted by atomic mass is 16.2. The molecule has 0 aliphatic carbocycles. The molecule has 9 heteroatoms. The zero-order chi connectivity index (χ0) is 24.8. The van der Waals surface area contributed by atoms with Gasteiger partial charge in [0, 0.05) is 30.7 Å². The van der Waals surface area contributed by atoms with Gasteiger partial charge in [-0.1, -0.05) is 48.5 Å². The van der Waals surface area contributed by atoms with Gasteiger partial charge in [0.05, 0.1) is 11.6 Å². The summed E-state index contributed by atoms with van der Waals surface area (Å²) in [4.78, 5) is 40.3. The van der Waals surface area contributed by atoms with Crippen molar-refractivity contribution in [2.24, 2.45) is 5.10 Å². The van der Waals surface area contributed by atoms with Crippen LogP contribution in [0.5, 0.6) is 0 Å². The van der Waals surface area contributed by atoms with Crippen molar-refractivity contribution in [1.29, 1.82) is 0 Å². The van der Waals surface area contributed by atoms with Gasteiger partial charge in [0.25, 0.3) is 17.4 Å². The second-order valence-electron chi connectivity index (χ2n) is 7.98. The fourth-order valence-electron chi connectivity index (χ4n) is 3.51. The van der Waals surface area contributed by atoms with Crippen LogP contribution in [0.1, 0.15) is 27.7 Å². The smallest absolute Gasteiger partial charge is 0.272 e. The zero-order valence-electron chi connectivity index (χ0n) is 19.2. The van der Waals surface area contributed by atoms with E-state index in [9.17, 15) is 14.4 Å². The third-order valence-electron chi connectivity index (χ3n) is 5.37. The van der Waals surface area contributed by atoms with Gasteiger partial charge in [-0.2, -0.15) is 10.2 Å². The quantitative estimate of drug-likeness (QED) is 0.285. The lowest BCUT2D eigenvalue weighted by atomic mass is 10.0. The summed E-state index contributed by atoms with van der Waals surface area (Å²) in [6, 6.07) is 21.7. The monoisotopic (exact) mass is 468 g/mol. The largest absolute Gasteiger partial charge is 0.378 e. The SMILES string of the molecule is CN(C)c1ccc(/C=N\NC(=O)[C@H](NC(=O)c2ccccc2)c2n[nH]c(=O)c3ccccc23)cc1. The van der Waals surface area contributed by atoms with Crippen molar-refractivity contribution >= 4 is 34.5 Å². The molecule has 9 nitrogen and oxygen atoms in total. The van der Waals surface area contributed by atoms with E-state index in [0.717, 1.165) is 11.3 Å². The molecule has 2 amide bonds. The molecule has 1 heterocycles. The van der Waals surface area contributed by atoms with Crippen LogP contribution in [0, 0.1) is 0 Å². The summed E-state index contributed by atoms with van der Waals surface area (Å²) in [6.07, 6.45) is 1.51. The number of fused-ring (bicyclic) bond motifs is 1. The van der Waals surface area contributed by atoms with Gasteiger partial charge < -0.3 is 10.2 Å². The number of benzene rings is 3. The highest BCUT2D eigenvalue weighted by molar-refractivity contribution is 5.99. The number of amides is 2. The molecule has 1 atom stereocenters. The normalized spacial score (nSPS) is 11.8. The minimum atomic E-state index is -1.21. The van der Waals surface area contributed by atoms with Crippen molar-refractivity contribution in [2.45, 2.75) is 6.04 Å². The summed E-state index contributed by atoms with van der Waals surface area (Å²) in [5.41, 5.74) is 4.48. The standard InChI is InChI=1S/C26H24N6O3/c1-32(2)19-14-12-17(13-15-19)16-27-30-26(35)23(28-24(33)18-8-4-3-5-9-18)22-20-10-6-7-11-21(20)25(34)31-29-22/h3-16,23H,1-2H3,(H,28,33)(H,30,35)(H,31,34)/b27-16-/t23-/m1/s1. The van der Waals surface area contributed by atoms with Crippen LogP contribution < -0.4 is 21.2 Å². The Balaban J connectivity index is 1.62. The first-order valence-electron chi connectivity index (χ1n) is 10.9. The molecule has 0 spiro atoms. The molecule has 0 saturated heterocycles. The lowest BCUT2D eigenvalue weighted by Gasteiger charge is -2.18. The van der Waals surface area contributed by atoms with Crippen LogP contribution >= 0.6 is 0 Å². The number of carbonyl (C=O) groups excluding carboxylic acids is 2. The fraction of sp³-hybridized carbons (Fsp3) is 0.115. The molecule has 0 radical (unpaired) electrons. The lowest BCUT2D eigenvalue weighted by Crippen LogP contribution is -2.40. The molecule has 0 unspecified atom stereocenters. The van der Waals surface area contributed by atoms with E-state index in [1.54, 1.807) is 54.6 Å². The number of aromatic nitrogens is 2. The number of H-pyrrole nitrogens is 1. The minimum absolute atomic E-state index is 0.201. The molecule has 0 aliphatic rings. The molecular formula is C26H24N6O3. The van der Waals surface area contributed by atoms with E-state index in [-0.39, 0.29) is 5.69 Å². The number of nitrogens with zero attached hydrogens (tertiary/aromatic N) is 3. The van der Waals surface area contributed by atoms with Crippen molar-refractivity contribution < 1.29 is 9.59 Å². The van der Waals surface area contributed by atoms with Gasteiger partial charge in [-0.15, -0.1) is 0 Å². The van der Waals surface area contributed by atoms with Gasteiger partial charge in [-0.05, 0) is 35.9 Å². The number of hydrogen-bond donors (Lipinski definition) is 3. The van der Waals surface area contributed by atoms with E-state index in [4.69, 9.17) is 0 Å².